The number of hydrogen-bond acceptors (Lipinski definition) is 2. The number of morpholine rings is 1. The Morgan fingerprint density at radius 3 is 2.95 bits per heavy atom. The lowest BCUT2D eigenvalue weighted by Crippen LogP contribution is -2.44. The van der Waals surface area contributed by atoms with E-state index in [-0.39, 0.29) is 5.92 Å². The van der Waals surface area contributed by atoms with E-state index < -0.39 is 0 Å². The Morgan fingerprint density at radius 2 is 2.14 bits per heavy atom. The molecule has 1 N–H and O–H groups in total. The Kier molecular flexibility index (Phi) is 3.41. The highest BCUT2D eigenvalue weighted by Crippen LogP contribution is 2.33. The third-order valence-electron chi connectivity index (χ3n) is 5.02. The number of H-pyrrole nitrogens is 1. The molecule has 1 saturated heterocycles. The molecule has 4 rings (SSSR count). The van der Waals surface area contributed by atoms with Gasteiger partial charge < -0.3 is 14.6 Å². The number of nitrogens with zero attached hydrogens (tertiary/aromatic N) is 1. The minimum atomic E-state index is 0.130. The van der Waals surface area contributed by atoms with Crippen molar-refractivity contribution < 1.29 is 9.53 Å². The summed E-state index contributed by atoms with van der Waals surface area (Å²) >= 11 is 0. The van der Waals surface area contributed by atoms with E-state index in [4.69, 9.17) is 4.74 Å². The minimum Gasteiger partial charge on any atom is -0.378 e. The fourth-order valence-corrected chi connectivity index (χ4v) is 3.78. The van der Waals surface area contributed by atoms with Crippen molar-refractivity contribution in [2.24, 2.45) is 5.92 Å². The molecule has 0 bridgehead atoms. The van der Waals surface area contributed by atoms with Crippen LogP contribution in [0.5, 0.6) is 0 Å². The molecule has 0 radical (unpaired) electrons. The summed E-state index contributed by atoms with van der Waals surface area (Å²) < 4.78 is 5.35. The number of benzene rings is 1. The number of nitrogens with one attached hydrogen (secondary N) is 1. The van der Waals surface area contributed by atoms with Crippen molar-refractivity contribution in [2.75, 3.05) is 26.3 Å². The lowest BCUT2D eigenvalue weighted by Gasteiger charge is -2.32. The van der Waals surface area contributed by atoms with Crippen LogP contribution in [0.3, 0.4) is 0 Å². The van der Waals surface area contributed by atoms with Gasteiger partial charge in [0.1, 0.15) is 0 Å². The zero-order valence-electron chi connectivity index (χ0n) is 13.0. The molecule has 1 aromatic carbocycles. The summed E-state index contributed by atoms with van der Waals surface area (Å²) in [5, 5.41) is 1.30. The second-order valence-corrected chi connectivity index (χ2v) is 6.51. The topological polar surface area (TPSA) is 45.3 Å². The van der Waals surface area contributed by atoms with Gasteiger partial charge in [0, 0.05) is 35.6 Å². The first-order valence-corrected chi connectivity index (χ1v) is 8.19. The standard InChI is InChI=1S/C18H22N2O2/c1-12-2-4-16-14(10-12)15-11-13(3-5-17(15)19-16)18(21)20-6-8-22-9-7-20/h2,4,10,13,19H,3,5-9,11H2,1H3. The van der Waals surface area contributed by atoms with Gasteiger partial charge in [-0.15, -0.1) is 0 Å². The molecule has 1 aromatic heterocycles. The molecule has 4 nitrogen and oxygen atoms in total. The quantitative estimate of drug-likeness (QED) is 0.879. The van der Waals surface area contributed by atoms with E-state index in [0.717, 1.165) is 32.4 Å². The summed E-state index contributed by atoms with van der Waals surface area (Å²) in [4.78, 5) is 18.3. The Bertz CT molecular complexity index is 713. The number of amides is 1. The summed E-state index contributed by atoms with van der Waals surface area (Å²) in [6, 6.07) is 6.54. The van der Waals surface area contributed by atoms with E-state index in [1.807, 2.05) is 4.90 Å². The van der Waals surface area contributed by atoms with E-state index in [9.17, 15) is 4.79 Å². The van der Waals surface area contributed by atoms with Gasteiger partial charge in [0.25, 0.3) is 0 Å². The summed E-state index contributed by atoms with van der Waals surface area (Å²) in [5.41, 5.74) is 5.16. The second kappa shape index (κ2) is 5.43. The van der Waals surface area contributed by atoms with Gasteiger partial charge >= 0.3 is 0 Å². The van der Waals surface area contributed by atoms with Crippen LogP contribution in [0.15, 0.2) is 18.2 Å². The smallest absolute Gasteiger partial charge is 0.226 e. The van der Waals surface area contributed by atoms with Crippen molar-refractivity contribution in [3.8, 4) is 0 Å². The van der Waals surface area contributed by atoms with E-state index in [1.165, 1.54) is 27.7 Å². The Morgan fingerprint density at radius 1 is 1.32 bits per heavy atom. The van der Waals surface area contributed by atoms with Crippen molar-refractivity contribution in [1.82, 2.24) is 9.88 Å². The number of fused-ring (bicyclic) bond motifs is 3. The summed E-state index contributed by atoms with van der Waals surface area (Å²) in [6.07, 6.45) is 2.80. The molecule has 1 atom stereocenters. The average molecular weight is 298 g/mol. The molecule has 2 aromatic rings. The number of aromatic amines is 1. The monoisotopic (exact) mass is 298 g/mol. The zero-order chi connectivity index (χ0) is 15.1. The zero-order valence-corrected chi connectivity index (χ0v) is 13.0. The highest BCUT2D eigenvalue weighted by atomic mass is 16.5. The molecule has 1 unspecified atom stereocenters. The van der Waals surface area contributed by atoms with Crippen LogP contribution in [-0.2, 0) is 22.4 Å². The molecule has 1 aliphatic carbocycles. The van der Waals surface area contributed by atoms with Crippen LogP contribution in [-0.4, -0.2) is 42.1 Å². The normalized spacial score (nSPS) is 21.9. The summed E-state index contributed by atoms with van der Waals surface area (Å²) in [6.45, 7) is 4.97. The number of carbonyl (C=O) groups excluding carboxylic acids is 1. The molecule has 4 heteroatoms. The number of ether oxygens (including phenoxy) is 1. The SMILES string of the molecule is Cc1ccc2[nH]c3c(c2c1)CC(C(=O)N1CCOCC1)CC3. The first kappa shape index (κ1) is 13.8. The maximum absolute atomic E-state index is 12.7. The number of aryl methyl sites for hydroxylation is 2. The third-order valence-corrected chi connectivity index (χ3v) is 5.02. The van der Waals surface area contributed by atoms with Crippen molar-refractivity contribution in [3.05, 3.63) is 35.0 Å². The molecule has 1 aliphatic heterocycles. The fourth-order valence-electron chi connectivity index (χ4n) is 3.78. The lowest BCUT2D eigenvalue weighted by molar-refractivity contribution is -0.140. The van der Waals surface area contributed by atoms with Gasteiger partial charge in [-0.1, -0.05) is 11.6 Å². The summed E-state index contributed by atoms with van der Waals surface area (Å²) in [7, 11) is 0. The molecular formula is C18H22N2O2. The second-order valence-electron chi connectivity index (χ2n) is 6.51. The van der Waals surface area contributed by atoms with Crippen LogP contribution < -0.4 is 0 Å². The van der Waals surface area contributed by atoms with Crippen LogP contribution in [0.25, 0.3) is 10.9 Å². The Labute approximate surface area is 130 Å². The first-order valence-electron chi connectivity index (χ1n) is 8.19. The van der Waals surface area contributed by atoms with E-state index >= 15 is 0 Å². The maximum Gasteiger partial charge on any atom is 0.226 e. The van der Waals surface area contributed by atoms with Gasteiger partial charge in [0.15, 0.2) is 0 Å². The molecule has 116 valence electrons. The van der Waals surface area contributed by atoms with Crippen LogP contribution in [0.2, 0.25) is 0 Å². The molecule has 1 fully saturated rings. The summed E-state index contributed by atoms with van der Waals surface area (Å²) in [5.74, 6) is 0.445. The van der Waals surface area contributed by atoms with E-state index in [0.29, 0.717) is 19.1 Å². The van der Waals surface area contributed by atoms with Crippen LogP contribution in [0, 0.1) is 12.8 Å². The number of carbonyl (C=O) groups is 1. The third kappa shape index (κ3) is 2.31. The van der Waals surface area contributed by atoms with Gasteiger partial charge in [-0.3, -0.25) is 4.79 Å². The first-order chi connectivity index (χ1) is 10.7. The molecule has 22 heavy (non-hydrogen) atoms. The maximum atomic E-state index is 12.7. The largest absolute Gasteiger partial charge is 0.378 e. The predicted molar refractivity (Wildman–Crippen MR) is 85.9 cm³/mol. The van der Waals surface area contributed by atoms with Gasteiger partial charge in [-0.2, -0.15) is 0 Å². The number of hydrogen-bond donors (Lipinski definition) is 1. The highest BCUT2D eigenvalue weighted by molar-refractivity contribution is 5.87. The molecule has 2 aliphatic rings. The fraction of sp³-hybridized carbons (Fsp3) is 0.500. The van der Waals surface area contributed by atoms with Crippen molar-refractivity contribution in [3.63, 3.8) is 0 Å². The Hall–Kier alpha value is -1.81. The Balaban J connectivity index is 1.61. The molecule has 1 amide bonds. The molecule has 2 heterocycles. The minimum absolute atomic E-state index is 0.130. The highest BCUT2D eigenvalue weighted by Gasteiger charge is 2.30. The van der Waals surface area contributed by atoms with Crippen molar-refractivity contribution in [2.45, 2.75) is 26.2 Å². The van der Waals surface area contributed by atoms with Crippen LogP contribution in [0.4, 0.5) is 0 Å². The molecule has 0 saturated carbocycles. The van der Waals surface area contributed by atoms with E-state index in [2.05, 4.69) is 30.1 Å². The predicted octanol–water partition coefficient (Wildman–Crippen LogP) is 2.44. The average Bonchev–Trinajstić information content (AvgIpc) is 2.92. The van der Waals surface area contributed by atoms with Crippen LogP contribution >= 0.6 is 0 Å². The van der Waals surface area contributed by atoms with Gasteiger partial charge in [-0.05, 0) is 43.9 Å². The number of rotatable bonds is 1. The van der Waals surface area contributed by atoms with Crippen molar-refractivity contribution >= 4 is 16.8 Å². The van der Waals surface area contributed by atoms with Crippen LogP contribution in [0.1, 0.15) is 23.2 Å². The van der Waals surface area contributed by atoms with E-state index in [1.54, 1.807) is 0 Å². The molecular weight excluding hydrogens is 276 g/mol. The molecule has 0 spiro atoms. The van der Waals surface area contributed by atoms with Crippen molar-refractivity contribution in [1.29, 1.82) is 0 Å². The van der Waals surface area contributed by atoms with Gasteiger partial charge in [-0.25, -0.2) is 0 Å². The lowest BCUT2D eigenvalue weighted by atomic mass is 9.85. The van der Waals surface area contributed by atoms with Gasteiger partial charge in [0.05, 0.1) is 13.2 Å². The van der Waals surface area contributed by atoms with Gasteiger partial charge in [0.2, 0.25) is 5.91 Å². The number of aromatic nitrogens is 1.